The molecule has 1 aliphatic heterocycles. The van der Waals surface area contributed by atoms with Crippen LogP contribution < -0.4 is 9.64 Å². The zero-order valence-corrected chi connectivity index (χ0v) is 15.2. The first-order valence-corrected chi connectivity index (χ1v) is 8.33. The maximum absolute atomic E-state index is 13.1. The number of rotatable bonds is 3. The number of hydrogen-bond donors (Lipinski definition) is 0. The molecule has 27 heavy (non-hydrogen) atoms. The van der Waals surface area contributed by atoms with Gasteiger partial charge in [0.2, 0.25) is 0 Å². The van der Waals surface area contributed by atoms with Crippen LogP contribution in [-0.4, -0.2) is 48.4 Å². The van der Waals surface area contributed by atoms with Crippen molar-refractivity contribution in [2.24, 2.45) is 0 Å². The van der Waals surface area contributed by atoms with Crippen molar-refractivity contribution < 1.29 is 19.2 Å². The fourth-order valence-electron chi connectivity index (χ4n) is 2.99. The van der Waals surface area contributed by atoms with Crippen molar-refractivity contribution >= 4 is 23.2 Å². The van der Waals surface area contributed by atoms with Gasteiger partial charge in [0.15, 0.2) is 6.10 Å². The van der Waals surface area contributed by atoms with E-state index < -0.39 is 11.0 Å². The normalized spacial score (nSPS) is 15.5. The Morgan fingerprint density at radius 3 is 2.56 bits per heavy atom. The maximum Gasteiger partial charge on any atom is 0.272 e. The number of nitro benzene ring substituents is 1. The molecule has 8 nitrogen and oxygen atoms in total. The van der Waals surface area contributed by atoms with Crippen LogP contribution in [0.15, 0.2) is 42.5 Å². The number of benzene rings is 2. The molecular weight excluding hydrogens is 350 g/mol. The van der Waals surface area contributed by atoms with Gasteiger partial charge in [0.1, 0.15) is 5.75 Å². The number of nitro groups is 1. The molecule has 2 aromatic rings. The zero-order chi connectivity index (χ0) is 19.7. The molecule has 0 saturated heterocycles. The molecule has 0 aromatic heterocycles. The molecule has 0 bridgehead atoms. The number of fused-ring (bicyclic) bond motifs is 1. The predicted octanol–water partition coefficient (Wildman–Crippen LogP) is 2.40. The number of carbonyl (C=O) groups is 2. The number of anilines is 1. The highest BCUT2D eigenvalue weighted by Gasteiger charge is 2.35. The summed E-state index contributed by atoms with van der Waals surface area (Å²) >= 11 is 0. The van der Waals surface area contributed by atoms with Crippen molar-refractivity contribution in [2.75, 3.05) is 25.5 Å². The molecule has 0 N–H and O–H groups in total. The summed E-state index contributed by atoms with van der Waals surface area (Å²) in [7, 11) is 3.25. The number of amides is 2. The van der Waals surface area contributed by atoms with Gasteiger partial charge in [-0.2, -0.15) is 0 Å². The minimum absolute atomic E-state index is 0.0467. The number of aryl methyl sites for hydroxylation is 1. The summed E-state index contributed by atoms with van der Waals surface area (Å²) in [5.41, 5.74) is 1.22. The van der Waals surface area contributed by atoms with E-state index in [2.05, 4.69) is 0 Å². The fraction of sp³-hybridized carbons (Fsp3) is 0.263. The van der Waals surface area contributed by atoms with Gasteiger partial charge in [0.25, 0.3) is 17.5 Å². The summed E-state index contributed by atoms with van der Waals surface area (Å²) in [6.45, 7) is 1.64. The third-order valence-electron chi connectivity index (χ3n) is 4.38. The van der Waals surface area contributed by atoms with E-state index in [0.29, 0.717) is 22.6 Å². The summed E-state index contributed by atoms with van der Waals surface area (Å²) in [5.74, 6) is -0.154. The van der Waals surface area contributed by atoms with Crippen LogP contribution in [-0.2, 0) is 4.79 Å². The second-order valence-electron chi connectivity index (χ2n) is 6.48. The quantitative estimate of drug-likeness (QED) is 0.612. The van der Waals surface area contributed by atoms with Crippen molar-refractivity contribution in [1.82, 2.24) is 4.90 Å². The molecule has 140 valence electrons. The van der Waals surface area contributed by atoms with Crippen LogP contribution in [0.5, 0.6) is 5.75 Å². The Hall–Kier alpha value is -3.42. The summed E-state index contributed by atoms with van der Waals surface area (Å²) < 4.78 is 5.77. The molecule has 2 amide bonds. The molecule has 3 rings (SSSR count). The van der Waals surface area contributed by atoms with Crippen LogP contribution in [0.2, 0.25) is 0 Å². The molecule has 0 radical (unpaired) electrons. The maximum atomic E-state index is 13.1. The van der Waals surface area contributed by atoms with Gasteiger partial charge in [-0.15, -0.1) is 0 Å². The van der Waals surface area contributed by atoms with Gasteiger partial charge < -0.3 is 14.5 Å². The Morgan fingerprint density at radius 2 is 1.93 bits per heavy atom. The van der Waals surface area contributed by atoms with Crippen LogP contribution in [0, 0.1) is 17.0 Å². The van der Waals surface area contributed by atoms with Crippen LogP contribution in [0.4, 0.5) is 11.4 Å². The first kappa shape index (κ1) is 18.4. The van der Waals surface area contributed by atoms with Crippen molar-refractivity contribution in [3.8, 4) is 5.75 Å². The molecule has 1 aliphatic rings. The van der Waals surface area contributed by atoms with E-state index in [4.69, 9.17) is 4.74 Å². The second-order valence-corrected chi connectivity index (χ2v) is 6.48. The molecule has 1 atom stereocenters. The van der Waals surface area contributed by atoms with E-state index in [1.807, 2.05) is 0 Å². The minimum atomic E-state index is -0.821. The number of nitrogens with zero attached hydrogens (tertiary/aromatic N) is 3. The van der Waals surface area contributed by atoms with Crippen molar-refractivity contribution in [3.63, 3.8) is 0 Å². The first-order valence-electron chi connectivity index (χ1n) is 8.33. The van der Waals surface area contributed by atoms with E-state index in [1.54, 1.807) is 45.3 Å². The Labute approximate surface area is 156 Å². The number of hydrogen-bond acceptors (Lipinski definition) is 5. The van der Waals surface area contributed by atoms with E-state index in [-0.39, 0.29) is 24.0 Å². The van der Waals surface area contributed by atoms with E-state index in [0.717, 1.165) is 0 Å². The van der Waals surface area contributed by atoms with Gasteiger partial charge in [0.05, 0.1) is 17.2 Å². The second kappa shape index (κ2) is 7.06. The summed E-state index contributed by atoms with van der Waals surface area (Å²) in [6, 6.07) is 11.2. The fourth-order valence-corrected chi connectivity index (χ4v) is 2.99. The standard InChI is InChI=1S/C19H19N3O5/c1-12-10-13(8-9-14(12)22(25)26)18(23)21-11-17(19(24)20(2)3)27-16-7-5-4-6-15(16)21/h4-10,17H,11H2,1-3H3/t17-/m1/s1. The zero-order valence-electron chi connectivity index (χ0n) is 15.2. The number of carbonyl (C=O) groups excluding carboxylic acids is 2. The minimum Gasteiger partial charge on any atom is -0.476 e. The van der Waals surface area contributed by atoms with Crippen LogP contribution in [0.25, 0.3) is 0 Å². The summed E-state index contributed by atoms with van der Waals surface area (Å²) in [6.07, 6.45) is -0.821. The summed E-state index contributed by atoms with van der Waals surface area (Å²) in [5, 5.41) is 11.0. The number of para-hydroxylation sites is 2. The highest BCUT2D eigenvalue weighted by Crippen LogP contribution is 2.34. The molecule has 1 heterocycles. The SMILES string of the molecule is Cc1cc(C(=O)N2C[C@H](C(=O)N(C)C)Oc3ccccc32)ccc1[N+](=O)[O-]. The van der Waals surface area contributed by atoms with Gasteiger partial charge in [-0.3, -0.25) is 19.7 Å². The van der Waals surface area contributed by atoms with Crippen molar-refractivity contribution in [1.29, 1.82) is 0 Å². The Bertz CT molecular complexity index is 925. The Kier molecular flexibility index (Phi) is 4.81. The largest absolute Gasteiger partial charge is 0.476 e. The molecule has 0 unspecified atom stereocenters. The third kappa shape index (κ3) is 3.46. The van der Waals surface area contributed by atoms with E-state index >= 15 is 0 Å². The predicted molar refractivity (Wildman–Crippen MR) is 99.1 cm³/mol. The highest BCUT2D eigenvalue weighted by molar-refractivity contribution is 6.08. The lowest BCUT2D eigenvalue weighted by Crippen LogP contribution is -2.50. The van der Waals surface area contributed by atoms with Crippen LogP contribution in [0.1, 0.15) is 15.9 Å². The number of likely N-dealkylation sites (N-methyl/N-ethyl adjacent to an activating group) is 1. The molecule has 0 saturated carbocycles. The first-order chi connectivity index (χ1) is 12.8. The lowest BCUT2D eigenvalue weighted by atomic mass is 10.1. The topological polar surface area (TPSA) is 93.0 Å². The Balaban J connectivity index is 1.98. The van der Waals surface area contributed by atoms with Crippen LogP contribution >= 0.6 is 0 Å². The van der Waals surface area contributed by atoms with E-state index in [1.165, 1.54) is 28.0 Å². The third-order valence-corrected chi connectivity index (χ3v) is 4.38. The molecule has 0 spiro atoms. The van der Waals surface area contributed by atoms with Crippen molar-refractivity contribution in [2.45, 2.75) is 13.0 Å². The van der Waals surface area contributed by atoms with Gasteiger partial charge >= 0.3 is 0 Å². The molecule has 2 aromatic carbocycles. The lowest BCUT2D eigenvalue weighted by Gasteiger charge is -2.35. The number of ether oxygens (including phenoxy) is 1. The summed E-state index contributed by atoms with van der Waals surface area (Å²) in [4.78, 5) is 38.9. The monoisotopic (exact) mass is 369 g/mol. The molecule has 8 heteroatoms. The smallest absolute Gasteiger partial charge is 0.272 e. The average Bonchev–Trinajstić information content (AvgIpc) is 2.65. The van der Waals surface area contributed by atoms with Gasteiger partial charge in [-0.25, -0.2) is 0 Å². The van der Waals surface area contributed by atoms with Gasteiger partial charge in [-0.05, 0) is 31.2 Å². The average molecular weight is 369 g/mol. The Morgan fingerprint density at radius 1 is 1.22 bits per heavy atom. The lowest BCUT2D eigenvalue weighted by molar-refractivity contribution is -0.385. The highest BCUT2D eigenvalue weighted by atomic mass is 16.6. The van der Waals surface area contributed by atoms with E-state index in [9.17, 15) is 19.7 Å². The van der Waals surface area contributed by atoms with Crippen LogP contribution in [0.3, 0.4) is 0 Å². The van der Waals surface area contributed by atoms with Gasteiger partial charge in [0, 0.05) is 31.3 Å². The van der Waals surface area contributed by atoms with Gasteiger partial charge in [-0.1, -0.05) is 12.1 Å². The van der Waals surface area contributed by atoms with Crippen molar-refractivity contribution in [3.05, 3.63) is 63.7 Å². The molecule has 0 fully saturated rings. The molecule has 0 aliphatic carbocycles. The molecular formula is C19H19N3O5.